The van der Waals surface area contributed by atoms with Crippen molar-refractivity contribution in [3.8, 4) is 17.2 Å². The van der Waals surface area contributed by atoms with E-state index in [0.717, 1.165) is 24.3 Å². The van der Waals surface area contributed by atoms with Crippen LogP contribution in [0.1, 0.15) is 47.4 Å². The molecule has 4 aromatic carbocycles. The van der Waals surface area contributed by atoms with Crippen molar-refractivity contribution < 1.29 is 33.3 Å². The standard InChI is InChI=1S/C32H29FN4O6/c1-3-5-18-42-32(40)27-16-15-26(20-30(27)38)43-31(39)21-6-17-29(28(33)19-21)37-36-23-9-7-22(8-10-23)34-35-24-11-13-25(14-12-24)41-4-2/h6-17,19-20,38H,3-5,18H2,1-2H3. The third kappa shape index (κ3) is 8.77. The molecular weight excluding hydrogens is 555 g/mol. The van der Waals surface area contributed by atoms with Gasteiger partial charge in [0, 0.05) is 6.07 Å². The number of rotatable bonds is 12. The number of hydrogen-bond acceptors (Lipinski definition) is 10. The van der Waals surface area contributed by atoms with E-state index in [2.05, 4.69) is 20.5 Å². The Kier molecular flexibility index (Phi) is 10.6. The summed E-state index contributed by atoms with van der Waals surface area (Å²) >= 11 is 0. The highest BCUT2D eigenvalue weighted by atomic mass is 19.1. The van der Waals surface area contributed by atoms with Crippen molar-refractivity contribution in [2.75, 3.05) is 13.2 Å². The number of ether oxygens (including phenoxy) is 3. The van der Waals surface area contributed by atoms with Crippen molar-refractivity contribution in [1.82, 2.24) is 0 Å². The normalized spacial score (nSPS) is 11.1. The summed E-state index contributed by atoms with van der Waals surface area (Å²) in [6, 6.07) is 21.3. The molecule has 0 saturated carbocycles. The van der Waals surface area contributed by atoms with E-state index in [1.807, 2.05) is 26.0 Å². The van der Waals surface area contributed by atoms with Crippen LogP contribution >= 0.6 is 0 Å². The molecule has 0 aliphatic carbocycles. The van der Waals surface area contributed by atoms with E-state index < -0.39 is 23.5 Å². The van der Waals surface area contributed by atoms with E-state index >= 15 is 0 Å². The van der Waals surface area contributed by atoms with E-state index in [1.54, 1.807) is 36.4 Å². The van der Waals surface area contributed by atoms with Crippen LogP contribution in [0.15, 0.2) is 105 Å². The highest BCUT2D eigenvalue weighted by Gasteiger charge is 2.16. The number of nitrogens with zero attached hydrogens (tertiary/aromatic N) is 4. The summed E-state index contributed by atoms with van der Waals surface area (Å²) in [7, 11) is 0. The predicted octanol–water partition coefficient (Wildman–Crippen LogP) is 8.94. The Morgan fingerprint density at radius 3 is 1.93 bits per heavy atom. The number of aromatic hydroxyl groups is 1. The minimum Gasteiger partial charge on any atom is -0.507 e. The summed E-state index contributed by atoms with van der Waals surface area (Å²) in [5.41, 5.74) is 1.50. The number of carbonyl (C=O) groups is 2. The molecule has 0 amide bonds. The average molecular weight is 585 g/mol. The third-order valence-electron chi connectivity index (χ3n) is 5.87. The Balaban J connectivity index is 1.34. The van der Waals surface area contributed by atoms with Gasteiger partial charge in [-0.1, -0.05) is 13.3 Å². The summed E-state index contributed by atoms with van der Waals surface area (Å²) < 4.78 is 30.4. The van der Waals surface area contributed by atoms with Crippen molar-refractivity contribution in [2.45, 2.75) is 26.7 Å². The number of carbonyl (C=O) groups excluding carboxylic acids is 2. The topological polar surface area (TPSA) is 132 Å². The first-order valence-corrected chi connectivity index (χ1v) is 13.5. The molecule has 0 bridgehead atoms. The zero-order valence-corrected chi connectivity index (χ0v) is 23.6. The highest BCUT2D eigenvalue weighted by molar-refractivity contribution is 5.94. The molecule has 4 aromatic rings. The second kappa shape index (κ2) is 15.0. The smallest absolute Gasteiger partial charge is 0.343 e. The van der Waals surface area contributed by atoms with Gasteiger partial charge in [0.25, 0.3) is 0 Å². The molecule has 10 nitrogen and oxygen atoms in total. The van der Waals surface area contributed by atoms with Gasteiger partial charge in [0.1, 0.15) is 28.5 Å². The summed E-state index contributed by atoms with van der Waals surface area (Å²) in [6.45, 7) is 4.69. The van der Waals surface area contributed by atoms with Gasteiger partial charge >= 0.3 is 11.9 Å². The van der Waals surface area contributed by atoms with Gasteiger partial charge in [0.15, 0.2) is 5.82 Å². The Morgan fingerprint density at radius 1 is 0.744 bits per heavy atom. The molecule has 4 rings (SSSR count). The molecule has 220 valence electrons. The van der Waals surface area contributed by atoms with Crippen molar-refractivity contribution >= 4 is 34.7 Å². The summed E-state index contributed by atoms with van der Waals surface area (Å²) in [4.78, 5) is 24.6. The Morgan fingerprint density at radius 2 is 1.35 bits per heavy atom. The van der Waals surface area contributed by atoms with Crippen LogP contribution in [0.2, 0.25) is 0 Å². The van der Waals surface area contributed by atoms with Gasteiger partial charge in [-0.3, -0.25) is 0 Å². The van der Waals surface area contributed by atoms with Crippen LogP contribution in [-0.2, 0) is 4.74 Å². The van der Waals surface area contributed by atoms with Gasteiger partial charge in [0.2, 0.25) is 0 Å². The molecule has 0 fully saturated rings. The zero-order valence-electron chi connectivity index (χ0n) is 23.6. The van der Waals surface area contributed by atoms with Crippen LogP contribution in [0.4, 0.5) is 27.1 Å². The fourth-order valence-corrected chi connectivity index (χ4v) is 3.60. The van der Waals surface area contributed by atoms with Gasteiger partial charge in [0.05, 0.1) is 35.8 Å². The number of hydrogen-bond donors (Lipinski definition) is 1. The first-order valence-electron chi connectivity index (χ1n) is 13.5. The first kappa shape index (κ1) is 30.5. The van der Waals surface area contributed by atoms with Crippen molar-refractivity contribution in [2.24, 2.45) is 20.5 Å². The van der Waals surface area contributed by atoms with Crippen molar-refractivity contribution in [3.05, 3.63) is 102 Å². The third-order valence-corrected chi connectivity index (χ3v) is 5.87. The zero-order chi connectivity index (χ0) is 30.6. The molecule has 0 heterocycles. The average Bonchev–Trinajstić information content (AvgIpc) is 3.01. The van der Waals surface area contributed by atoms with Crippen LogP contribution in [0, 0.1) is 5.82 Å². The Hall–Kier alpha value is -5.45. The molecule has 0 aromatic heterocycles. The van der Waals surface area contributed by atoms with Gasteiger partial charge < -0.3 is 19.3 Å². The van der Waals surface area contributed by atoms with E-state index in [4.69, 9.17) is 14.2 Å². The van der Waals surface area contributed by atoms with E-state index in [9.17, 15) is 19.1 Å². The summed E-state index contributed by atoms with van der Waals surface area (Å²) in [6.07, 6.45) is 1.56. The fourth-order valence-electron chi connectivity index (χ4n) is 3.60. The van der Waals surface area contributed by atoms with Gasteiger partial charge in [-0.25, -0.2) is 14.0 Å². The molecular formula is C32H29FN4O6. The molecule has 43 heavy (non-hydrogen) atoms. The highest BCUT2D eigenvalue weighted by Crippen LogP contribution is 2.28. The number of azo groups is 2. The van der Waals surface area contributed by atoms with Gasteiger partial charge in [-0.15, -0.1) is 5.11 Å². The Labute approximate surface area is 247 Å². The maximum atomic E-state index is 14.7. The summed E-state index contributed by atoms with van der Waals surface area (Å²) in [5, 5.41) is 26.5. The van der Waals surface area contributed by atoms with E-state index in [1.165, 1.54) is 24.3 Å². The van der Waals surface area contributed by atoms with Crippen LogP contribution in [0.3, 0.4) is 0 Å². The number of esters is 2. The number of unbranched alkanes of at least 4 members (excludes halogenated alkanes) is 1. The Bertz CT molecular complexity index is 1620. The molecule has 0 radical (unpaired) electrons. The number of phenols is 1. The maximum absolute atomic E-state index is 14.7. The van der Waals surface area contributed by atoms with Crippen LogP contribution in [0.5, 0.6) is 17.2 Å². The van der Waals surface area contributed by atoms with Crippen LogP contribution < -0.4 is 9.47 Å². The lowest BCUT2D eigenvalue weighted by Gasteiger charge is -2.09. The molecule has 1 N–H and O–H groups in total. The largest absolute Gasteiger partial charge is 0.507 e. The molecule has 0 aliphatic rings. The molecule has 0 spiro atoms. The monoisotopic (exact) mass is 584 g/mol. The van der Waals surface area contributed by atoms with Crippen molar-refractivity contribution in [1.29, 1.82) is 0 Å². The van der Waals surface area contributed by atoms with E-state index in [-0.39, 0.29) is 29.2 Å². The molecule has 0 unspecified atom stereocenters. The number of halogens is 1. The predicted molar refractivity (Wildman–Crippen MR) is 157 cm³/mol. The molecule has 0 atom stereocenters. The fraction of sp³-hybridized carbons (Fsp3) is 0.188. The molecule has 0 aliphatic heterocycles. The quantitative estimate of drug-likeness (QED) is 0.0765. The SMILES string of the molecule is CCCCOC(=O)c1ccc(OC(=O)c2ccc(N=Nc3ccc(N=Nc4ccc(OCC)cc4)cc3)c(F)c2)cc1O. The number of phenolic OH excluding ortho intramolecular Hbond substituents is 1. The first-order chi connectivity index (χ1) is 20.9. The maximum Gasteiger partial charge on any atom is 0.343 e. The summed E-state index contributed by atoms with van der Waals surface area (Å²) in [5.74, 6) is -2.01. The minimum absolute atomic E-state index is 0.0285. The molecule has 11 heteroatoms. The minimum atomic E-state index is -0.866. The second-order valence-corrected chi connectivity index (χ2v) is 9.07. The van der Waals surface area contributed by atoms with E-state index in [0.29, 0.717) is 30.1 Å². The van der Waals surface area contributed by atoms with Crippen molar-refractivity contribution in [3.63, 3.8) is 0 Å². The van der Waals surface area contributed by atoms with Gasteiger partial charge in [-0.2, -0.15) is 15.3 Å². The lowest BCUT2D eigenvalue weighted by molar-refractivity contribution is 0.0496. The second-order valence-electron chi connectivity index (χ2n) is 9.07. The number of benzene rings is 4. The van der Waals surface area contributed by atoms with Crippen LogP contribution in [-0.4, -0.2) is 30.3 Å². The lowest BCUT2D eigenvalue weighted by Crippen LogP contribution is -2.10. The lowest BCUT2D eigenvalue weighted by atomic mass is 10.2. The molecule has 0 saturated heterocycles. The van der Waals surface area contributed by atoms with Gasteiger partial charge in [-0.05, 0) is 92.2 Å². The van der Waals surface area contributed by atoms with Crippen LogP contribution in [0.25, 0.3) is 0 Å².